The third-order valence-corrected chi connectivity index (χ3v) is 4.94. The number of pyridine rings is 1. The molecule has 168 valence electrons. The summed E-state index contributed by atoms with van der Waals surface area (Å²) < 4.78 is 40.9. The van der Waals surface area contributed by atoms with Crippen molar-refractivity contribution in [3.63, 3.8) is 0 Å². The van der Waals surface area contributed by atoms with E-state index in [9.17, 15) is 27.6 Å². The van der Waals surface area contributed by atoms with Crippen LogP contribution in [0.15, 0.2) is 82.5 Å². The fourth-order valence-corrected chi connectivity index (χ4v) is 3.41. The molecule has 0 aliphatic carbocycles. The smallest absolute Gasteiger partial charge is 0.325 e. The molecule has 10 heteroatoms. The molecule has 7 nitrogen and oxygen atoms in total. The second-order valence-corrected chi connectivity index (χ2v) is 7.25. The normalized spacial score (nSPS) is 11.5. The van der Waals surface area contributed by atoms with E-state index in [1.54, 1.807) is 30.3 Å². The third-order valence-electron chi connectivity index (χ3n) is 4.94. The molecular weight excluding hydrogens is 437 g/mol. The van der Waals surface area contributed by atoms with E-state index in [0.717, 1.165) is 21.3 Å². The largest absolute Gasteiger partial charge is 0.416 e. The SMILES string of the molecule is O=C(Cn1c(=O)n(Cc2ccccc2)c(=O)c2cccnc21)Nc1cccc(C(F)(F)F)c1. The quantitative estimate of drug-likeness (QED) is 0.502. The number of rotatable bonds is 5. The van der Waals surface area contributed by atoms with Gasteiger partial charge in [0, 0.05) is 11.9 Å². The maximum absolute atomic E-state index is 13.1. The Kier molecular flexibility index (Phi) is 5.82. The molecule has 0 saturated carbocycles. The number of nitrogens with one attached hydrogen (secondary N) is 1. The number of hydrogen-bond acceptors (Lipinski definition) is 4. The highest BCUT2D eigenvalue weighted by atomic mass is 19.4. The first-order chi connectivity index (χ1) is 15.7. The van der Waals surface area contributed by atoms with Crippen LogP contribution in [0.1, 0.15) is 11.1 Å². The lowest BCUT2D eigenvalue weighted by molar-refractivity contribution is -0.137. The number of hydrogen-bond donors (Lipinski definition) is 1. The van der Waals surface area contributed by atoms with E-state index < -0.39 is 35.4 Å². The Balaban J connectivity index is 1.71. The van der Waals surface area contributed by atoms with Crippen LogP contribution in [0.5, 0.6) is 0 Å². The van der Waals surface area contributed by atoms with Crippen LogP contribution in [0.2, 0.25) is 0 Å². The molecule has 0 spiro atoms. The van der Waals surface area contributed by atoms with E-state index >= 15 is 0 Å². The van der Waals surface area contributed by atoms with E-state index in [1.165, 1.54) is 30.5 Å². The highest BCUT2D eigenvalue weighted by Gasteiger charge is 2.30. The molecule has 2 aromatic heterocycles. The monoisotopic (exact) mass is 454 g/mol. The van der Waals surface area contributed by atoms with Gasteiger partial charge in [0.25, 0.3) is 5.56 Å². The van der Waals surface area contributed by atoms with Crippen LogP contribution in [0.4, 0.5) is 18.9 Å². The van der Waals surface area contributed by atoms with E-state index in [-0.39, 0.29) is 23.3 Å². The van der Waals surface area contributed by atoms with Gasteiger partial charge in [-0.3, -0.25) is 18.7 Å². The fraction of sp³-hybridized carbons (Fsp3) is 0.130. The molecule has 4 aromatic rings. The molecule has 2 heterocycles. The van der Waals surface area contributed by atoms with Crippen molar-refractivity contribution in [3.8, 4) is 0 Å². The zero-order valence-electron chi connectivity index (χ0n) is 17.0. The van der Waals surface area contributed by atoms with Crippen LogP contribution in [0.25, 0.3) is 11.0 Å². The number of fused-ring (bicyclic) bond motifs is 1. The summed E-state index contributed by atoms with van der Waals surface area (Å²) in [7, 11) is 0. The predicted molar refractivity (Wildman–Crippen MR) is 116 cm³/mol. The first kappa shape index (κ1) is 22.0. The minimum Gasteiger partial charge on any atom is -0.325 e. The molecule has 33 heavy (non-hydrogen) atoms. The van der Waals surface area contributed by atoms with Gasteiger partial charge in [-0.15, -0.1) is 0 Å². The Hall–Kier alpha value is -4.21. The number of aromatic nitrogens is 3. The van der Waals surface area contributed by atoms with Crippen molar-refractivity contribution in [3.05, 3.63) is 105 Å². The summed E-state index contributed by atoms with van der Waals surface area (Å²) in [6.07, 6.45) is -3.19. The summed E-state index contributed by atoms with van der Waals surface area (Å²) in [5.74, 6) is -0.742. The van der Waals surface area contributed by atoms with Crippen molar-refractivity contribution in [2.24, 2.45) is 0 Å². The van der Waals surface area contributed by atoms with Gasteiger partial charge in [-0.2, -0.15) is 13.2 Å². The molecular formula is C23H17F3N4O3. The van der Waals surface area contributed by atoms with Gasteiger partial charge in [-0.25, -0.2) is 9.78 Å². The number of alkyl halides is 3. The molecule has 0 fully saturated rings. The predicted octanol–water partition coefficient (Wildman–Crippen LogP) is 3.26. The highest BCUT2D eigenvalue weighted by molar-refractivity contribution is 5.91. The van der Waals surface area contributed by atoms with Crippen molar-refractivity contribution in [1.29, 1.82) is 0 Å². The van der Waals surface area contributed by atoms with Crippen molar-refractivity contribution < 1.29 is 18.0 Å². The molecule has 0 radical (unpaired) electrons. The number of carbonyl (C=O) groups is 1. The van der Waals surface area contributed by atoms with Crippen LogP contribution < -0.4 is 16.6 Å². The Morgan fingerprint density at radius 1 is 0.939 bits per heavy atom. The van der Waals surface area contributed by atoms with E-state index in [1.807, 2.05) is 0 Å². The first-order valence-corrected chi connectivity index (χ1v) is 9.83. The van der Waals surface area contributed by atoms with Crippen LogP contribution >= 0.6 is 0 Å². The Bertz CT molecular complexity index is 1440. The maximum atomic E-state index is 13.1. The lowest BCUT2D eigenvalue weighted by atomic mass is 10.2. The molecule has 0 saturated heterocycles. The van der Waals surface area contributed by atoms with Gasteiger partial charge < -0.3 is 5.32 Å². The summed E-state index contributed by atoms with van der Waals surface area (Å²) in [5, 5.41) is 2.50. The van der Waals surface area contributed by atoms with Gasteiger partial charge in [0.1, 0.15) is 12.2 Å². The van der Waals surface area contributed by atoms with E-state index in [0.29, 0.717) is 5.56 Å². The summed E-state index contributed by atoms with van der Waals surface area (Å²) in [6, 6.07) is 16.0. The molecule has 1 amide bonds. The molecule has 0 atom stereocenters. The van der Waals surface area contributed by atoms with Gasteiger partial charge in [0.05, 0.1) is 17.5 Å². The Morgan fingerprint density at radius 2 is 1.70 bits per heavy atom. The number of benzene rings is 2. The van der Waals surface area contributed by atoms with E-state index in [2.05, 4.69) is 10.3 Å². The molecule has 0 bridgehead atoms. The van der Waals surface area contributed by atoms with Crippen LogP contribution in [-0.4, -0.2) is 20.0 Å². The van der Waals surface area contributed by atoms with Crippen LogP contribution in [0, 0.1) is 0 Å². The first-order valence-electron chi connectivity index (χ1n) is 9.83. The topological polar surface area (TPSA) is 86.0 Å². The maximum Gasteiger partial charge on any atom is 0.416 e. The molecule has 1 N–H and O–H groups in total. The zero-order chi connectivity index (χ0) is 23.6. The van der Waals surface area contributed by atoms with E-state index in [4.69, 9.17) is 0 Å². The highest BCUT2D eigenvalue weighted by Crippen LogP contribution is 2.30. The average molecular weight is 454 g/mol. The average Bonchev–Trinajstić information content (AvgIpc) is 2.80. The zero-order valence-corrected chi connectivity index (χ0v) is 17.0. The number of halogens is 3. The number of amides is 1. The summed E-state index contributed by atoms with van der Waals surface area (Å²) >= 11 is 0. The van der Waals surface area contributed by atoms with Gasteiger partial charge in [0.15, 0.2) is 0 Å². The van der Waals surface area contributed by atoms with Gasteiger partial charge >= 0.3 is 11.9 Å². The minimum atomic E-state index is -4.56. The summed E-state index contributed by atoms with van der Waals surface area (Å²) in [6.45, 7) is -0.559. The standard InChI is InChI=1S/C23H17F3N4O3/c24-23(25,26)16-8-4-9-17(12-16)28-19(31)14-29-20-18(10-5-11-27-20)21(32)30(22(29)33)13-15-6-2-1-3-7-15/h1-12H,13-14H2,(H,28,31). The van der Waals surface area contributed by atoms with Crippen LogP contribution in [-0.2, 0) is 24.1 Å². The molecule has 0 unspecified atom stereocenters. The third kappa shape index (κ3) is 4.69. The Morgan fingerprint density at radius 3 is 2.42 bits per heavy atom. The minimum absolute atomic E-state index is 0.0102. The number of carbonyl (C=O) groups excluding carboxylic acids is 1. The van der Waals surface area contributed by atoms with Gasteiger partial charge in [0.2, 0.25) is 5.91 Å². The molecule has 4 rings (SSSR count). The fourth-order valence-electron chi connectivity index (χ4n) is 3.41. The van der Waals surface area contributed by atoms with Crippen molar-refractivity contribution in [2.45, 2.75) is 19.3 Å². The van der Waals surface area contributed by atoms with Crippen LogP contribution in [0.3, 0.4) is 0 Å². The molecule has 0 aliphatic heterocycles. The Labute approximate surface area is 184 Å². The lowest BCUT2D eigenvalue weighted by Gasteiger charge is -2.14. The van der Waals surface area contributed by atoms with Crippen molar-refractivity contribution >= 4 is 22.6 Å². The van der Waals surface area contributed by atoms with Crippen molar-refractivity contribution in [2.75, 3.05) is 5.32 Å². The van der Waals surface area contributed by atoms with Crippen molar-refractivity contribution in [1.82, 2.24) is 14.1 Å². The second-order valence-electron chi connectivity index (χ2n) is 7.25. The summed E-state index contributed by atoms with van der Waals surface area (Å²) in [4.78, 5) is 42.8. The lowest BCUT2D eigenvalue weighted by Crippen LogP contribution is -2.42. The second kappa shape index (κ2) is 8.73. The van der Waals surface area contributed by atoms with Gasteiger partial charge in [-0.1, -0.05) is 36.4 Å². The molecule has 2 aromatic carbocycles. The summed E-state index contributed by atoms with van der Waals surface area (Å²) in [5.41, 5.74) is -1.58. The van der Waals surface area contributed by atoms with Gasteiger partial charge in [-0.05, 0) is 35.9 Å². The molecule has 0 aliphatic rings. The number of anilines is 1. The number of nitrogens with zero attached hydrogens (tertiary/aromatic N) is 3.